The van der Waals surface area contributed by atoms with Crippen molar-refractivity contribution in [2.24, 2.45) is 11.8 Å². The first-order valence-corrected chi connectivity index (χ1v) is 6.44. The molecule has 0 radical (unpaired) electrons. The highest BCUT2D eigenvalue weighted by molar-refractivity contribution is 5.72. The van der Waals surface area contributed by atoms with E-state index < -0.39 is 0 Å². The van der Waals surface area contributed by atoms with E-state index in [0.29, 0.717) is 18.6 Å². The summed E-state index contributed by atoms with van der Waals surface area (Å²) in [5, 5.41) is 0. The fourth-order valence-electron chi connectivity index (χ4n) is 2.32. The summed E-state index contributed by atoms with van der Waals surface area (Å²) in [4.78, 5) is 11.4. The van der Waals surface area contributed by atoms with E-state index in [0.717, 1.165) is 12.8 Å². The molecule has 1 aromatic carbocycles. The molecule has 0 aromatic heterocycles. The summed E-state index contributed by atoms with van der Waals surface area (Å²) in [7, 11) is 1.45. The van der Waals surface area contributed by atoms with Crippen LogP contribution in [0.5, 0.6) is 0 Å². The molecule has 1 fully saturated rings. The molecule has 18 heavy (non-hydrogen) atoms. The van der Waals surface area contributed by atoms with Gasteiger partial charge in [-0.2, -0.15) is 0 Å². The number of carbonyl (C=O) groups is 1. The molecule has 3 nitrogen and oxygen atoms in total. The minimum atomic E-state index is -0.110. The zero-order valence-electron chi connectivity index (χ0n) is 11.0. The number of benzene rings is 1. The van der Waals surface area contributed by atoms with Crippen molar-refractivity contribution in [1.82, 2.24) is 0 Å². The number of hydrogen-bond acceptors (Lipinski definition) is 3. The van der Waals surface area contributed by atoms with Gasteiger partial charge in [-0.1, -0.05) is 37.3 Å². The van der Waals surface area contributed by atoms with Crippen LogP contribution in [0, 0.1) is 11.8 Å². The van der Waals surface area contributed by atoms with Crippen molar-refractivity contribution < 1.29 is 14.3 Å². The quantitative estimate of drug-likeness (QED) is 0.752. The second kappa shape index (κ2) is 6.01. The lowest BCUT2D eigenvalue weighted by Gasteiger charge is -2.37. The van der Waals surface area contributed by atoms with E-state index in [1.165, 1.54) is 12.7 Å². The van der Waals surface area contributed by atoms with Crippen LogP contribution >= 0.6 is 0 Å². The number of methoxy groups -OCH3 is 1. The van der Waals surface area contributed by atoms with Crippen molar-refractivity contribution in [3.05, 3.63) is 35.9 Å². The lowest BCUT2D eigenvalue weighted by atomic mass is 9.74. The van der Waals surface area contributed by atoms with Crippen LogP contribution < -0.4 is 0 Å². The maximum Gasteiger partial charge on any atom is 0.308 e. The minimum Gasteiger partial charge on any atom is -0.469 e. The Hall–Kier alpha value is -1.35. The third kappa shape index (κ3) is 3.10. The van der Waals surface area contributed by atoms with Gasteiger partial charge in [0.05, 0.1) is 25.7 Å². The molecular formula is C15H20O3. The fraction of sp³-hybridized carbons (Fsp3) is 0.533. The Kier molecular flexibility index (Phi) is 4.37. The number of esters is 1. The molecule has 2 rings (SSSR count). The van der Waals surface area contributed by atoms with Crippen LogP contribution in [0.1, 0.15) is 25.3 Å². The number of ether oxygens (including phenoxy) is 2. The van der Waals surface area contributed by atoms with E-state index in [9.17, 15) is 4.79 Å². The molecule has 1 aromatic rings. The molecule has 98 valence electrons. The molecule has 0 aliphatic heterocycles. The fourth-order valence-corrected chi connectivity index (χ4v) is 2.32. The van der Waals surface area contributed by atoms with Gasteiger partial charge in [0.2, 0.25) is 0 Å². The van der Waals surface area contributed by atoms with E-state index in [-0.39, 0.29) is 11.9 Å². The van der Waals surface area contributed by atoms with Gasteiger partial charge in [-0.3, -0.25) is 4.79 Å². The first-order chi connectivity index (χ1) is 8.70. The van der Waals surface area contributed by atoms with Gasteiger partial charge in [-0.15, -0.1) is 0 Å². The van der Waals surface area contributed by atoms with Crippen LogP contribution in [0.25, 0.3) is 0 Å². The van der Waals surface area contributed by atoms with E-state index in [1.54, 1.807) is 0 Å². The summed E-state index contributed by atoms with van der Waals surface area (Å²) < 4.78 is 10.6. The minimum absolute atomic E-state index is 0.00780. The molecule has 0 spiro atoms. The molecule has 1 aliphatic carbocycles. The highest BCUT2D eigenvalue weighted by Crippen LogP contribution is 2.36. The first-order valence-electron chi connectivity index (χ1n) is 6.44. The van der Waals surface area contributed by atoms with Crippen molar-refractivity contribution in [3.63, 3.8) is 0 Å². The molecule has 0 heterocycles. The highest BCUT2D eigenvalue weighted by Gasteiger charge is 2.37. The molecule has 1 aliphatic rings. The van der Waals surface area contributed by atoms with Gasteiger partial charge in [-0.25, -0.2) is 0 Å². The van der Waals surface area contributed by atoms with Crippen LogP contribution in [0.2, 0.25) is 0 Å². The van der Waals surface area contributed by atoms with Gasteiger partial charge in [-0.05, 0) is 24.3 Å². The van der Waals surface area contributed by atoms with Gasteiger partial charge in [0, 0.05) is 0 Å². The van der Waals surface area contributed by atoms with Gasteiger partial charge >= 0.3 is 5.97 Å². The van der Waals surface area contributed by atoms with E-state index >= 15 is 0 Å². The summed E-state index contributed by atoms with van der Waals surface area (Å²) in [6.07, 6.45) is 2.22. The topological polar surface area (TPSA) is 35.5 Å². The Bertz CT molecular complexity index is 382. The third-order valence-electron chi connectivity index (χ3n) is 3.74. The third-order valence-corrected chi connectivity index (χ3v) is 3.74. The molecule has 1 atom stereocenters. The molecule has 1 unspecified atom stereocenters. The second-order valence-corrected chi connectivity index (χ2v) is 4.96. The Morgan fingerprint density at radius 3 is 2.61 bits per heavy atom. The van der Waals surface area contributed by atoms with Gasteiger partial charge in [0.25, 0.3) is 0 Å². The summed E-state index contributed by atoms with van der Waals surface area (Å²) in [6, 6.07) is 10.2. The summed E-state index contributed by atoms with van der Waals surface area (Å²) >= 11 is 0. The van der Waals surface area contributed by atoms with Crippen molar-refractivity contribution in [3.8, 4) is 0 Å². The van der Waals surface area contributed by atoms with Crippen molar-refractivity contribution in [2.75, 3.05) is 7.11 Å². The number of carbonyl (C=O) groups excluding carboxylic acids is 1. The van der Waals surface area contributed by atoms with Crippen LogP contribution in [-0.2, 0) is 20.9 Å². The predicted octanol–water partition coefficient (Wildman–Crippen LogP) is 2.79. The Morgan fingerprint density at radius 2 is 2.00 bits per heavy atom. The molecule has 0 amide bonds. The van der Waals surface area contributed by atoms with Crippen molar-refractivity contribution >= 4 is 5.97 Å². The van der Waals surface area contributed by atoms with Crippen LogP contribution in [0.4, 0.5) is 0 Å². The largest absolute Gasteiger partial charge is 0.469 e. The maximum absolute atomic E-state index is 11.4. The average Bonchev–Trinajstić information content (AvgIpc) is 2.36. The van der Waals surface area contributed by atoms with Crippen LogP contribution in [0.3, 0.4) is 0 Å². The molecule has 0 bridgehead atoms. The lowest BCUT2D eigenvalue weighted by molar-refractivity contribution is -0.151. The second-order valence-electron chi connectivity index (χ2n) is 4.96. The van der Waals surface area contributed by atoms with Crippen molar-refractivity contribution in [2.45, 2.75) is 32.5 Å². The van der Waals surface area contributed by atoms with Gasteiger partial charge in [0.15, 0.2) is 0 Å². The summed E-state index contributed by atoms with van der Waals surface area (Å²) in [6.45, 7) is 2.59. The zero-order valence-corrected chi connectivity index (χ0v) is 11.0. The first kappa shape index (κ1) is 13.1. The van der Waals surface area contributed by atoms with E-state index in [2.05, 4.69) is 12.1 Å². The number of hydrogen-bond donors (Lipinski definition) is 0. The predicted molar refractivity (Wildman–Crippen MR) is 68.9 cm³/mol. The Labute approximate surface area is 108 Å². The van der Waals surface area contributed by atoms with Gasteiger partial charge < -0.3 is 9.47 Å². The number of rotatable bonds is 5. The highest BCUT2D eigenvalue weighted by atomic mass is 16.5. The summed E-state index contributed by atoms with van der Waals surface area (Å²) in [5.74, 6) is 0.298. The van der Waals surface area contributed by atoms with Crippen LogP contribution in [0.15, 0.2) is 30.3 Å². The smallest absolute Gasteiger partial charge is 0.308 e. The Morgan fingerprint density at radius 1 is 1.33 bits per heavy atom. The lowest BCUT2D eigenvalue weighted by Crippen LogP contribution is -2.38. The standard InChI is InChI=1S/C15H20O3/c1-11(15(16)17-2)13-8-14(9-13)18-10-12-6-4-3-5-7-12/h3-7,11,13-14H,8-10H2,1-2H3/t11?,13-,14-. The zero-order chi connectivity index (χ0) is 13.0. The molecule has 0 N–H and O–H groups in total. The molecule has 3 heteroatoms. The monoisotopic (exact) mass is 248 g/mol. The Balaban J connectivity index is 1.69. The maximum atomic E-state index is 11.4. The van der Waals surface area contributed by atoms with Crippen molar-refractivity contribution in [1.29, 1.82) is 0 Å². The molecule has 0 saturated heterocycles. The molecule has 1 saturated carbocycles. The van der Waals surface area contributed by atoms with Crippen LogP contribution in [-0.4, -0.2) is 19.2 Å². The van der Waals surface area contributed by atoms with E-state index in [1.807, 2.05) is 25.1 Å². The SMILES string of the molecule is COC(=O)C(C)[C@H]1C[C@H](OCc2ccccc2)C1. The summed E-state index contributed by atoms with van der Waals surface area (Å²) in [5.41, 5.74) is 1.20. The van der Waals surface area contributed by atoms with Gasteiger partial charge in [0.1, 0.15) is 0 Å². The normalized spacial score (nSPS) is 24.1. The average molecular weight is 248 g/mol. The van der Waals surface area contributed by atoms with E-state index in [4.69, 9.17) is 9.47 Å². The molecular weight excluding hydrogens is 228 g/mol.